The molecule has 3 aromatic rings. The predicted molar refractivity (Wildman–Crippen MR) is 116 cm³/mol. The van der Waals surface area contributed by atoms with Crippen LogP contribution in [0.25, 0.3) is 0 Å². The number of rotatable bonds is 8. The van der Waals surface area contributed by atoms with Crippen LogP contribution in [0, 0.1) is 0 Å². The fraction of sp³-hybridized carbons (Fsp3) is 0.174. The van der Waals surface area contributed by atoms with E-state index in [1.54, 1.807) is 31.2 Å². The molecule has 7 heteroatoms. The molecule has 156 valence electrons. The van der Waals surface area contributed by atoms with Crippen molar-refractivity contribution >= 4 is 15.9 Å². The van der Waals surface area contributed by atoms with Crippen LogP contribution in [0.2, 0.25) is 0 Å². The molecule has 3 rings (SSSR count). The Balaban J connectivity index is 1.70. The van der Waals surface area contributed by atoms with E-state index in [4.69, 9.17) is 4.74 Å². The van der Waals surface area contributed by atoms with Crippen LogP contribution in [-0.2, 0) is 23.1 Å². The number of carbonyl (C=O) groups is 1. The number of carbonyl (C=O) groups excluding carboxylic acids is 1. The zero-order chi connectivity index (χ0) is 21.6. The Bertz CT molecular complexity index is 1100. The summed E-state index contributed by atoms with van der Waals surface area (Å²) in [7, 11) is -0.462. The lowest BCUT2D eigenvalue weighted by atomic mass is 10.1. The van der Waals surface area contributed by atoms with E-state index >= 15 is 0 Å². The highest BCUT2D eigenvalue weighted by molar-refractivity contribution is 7.89. The van der Waals surface area contributed by atoms with Crippen LogP contribution in [0.15, 0.2) is 83.8 Å². The Kier molecular flexibility index (Phi) is 6.87. The van der Waals surface area contributed by atoms with Gasteiger partial charge in [0.1, 0.15) is 5.75 Å². The van der Waals surface area contributed by atoms with Crippen LogP contribution in [0.4, 0.5) is 0 Å². The SMILES string of the molecule is COc1ccc(CN(C)C(=O)c2cccc(S(=O)(=O)NCc3ccccc3)c2)cc1. The maximum absolute atomic E-state index is 12.8. The summed E-state index contributed by atoms with van der Waals surface area (Å²) in [6.07, 6.45) is 0. The van der Waals surface area contributed by atoms with Crippen LogP contribution in [-0.4, -0.2) is 33.4 Å². The summed E-state index contributed by atoms with van der Waals surface area (Å²) in [5, 5.41) is 0. The second-order valence-electron chi connectivity index (χ2n) is 6.85. The normalized spacial score (nSPS) is 11.1. The van der Waals surface area contributed by atoms with E-state index in [-0.39, 0.29) is 17.3 Å². The molecular weight excluding hydrogens is 400 g/mol. The minimum atomic E-state index is -3.74. The smallest absolute Gasteiger partial charge is 0.253 e. The van der Waals surface area contributed by atoms with E-state index in [0.29, 0.717) is 12.1 Å². The molecule has 0 heterocycles. The summed E-state index contributed by atoms with van der Waals surface area (Å²) >= 11 is 0. The van der Waals surface area contributed by atoms with Gasteiger partial charge in [0, 0.05) is 25.7 Å². The molecule has 0 spiro atoms. The lowest BCUT2D eigenvalue weighted by Gasteiger charge is -2.18. The Morgan fingerprint density at radius 3 is 2.30 bits per heavy atom. The second-order valence-corrected chi connectivity index (χ2v) is 8.61. The molecule has 0 saturated heterocycles. The molecule has 0 aliphatic carbocycles. The average molecular weight is 425 g/mol. The Hall–Kier alpha value is -3.16. The Morgan fingerprint density at radius 2 is 1.63 bits per heavy atom. The average Bonchev–Trinajstić information content (AvgIpc) is 2.78. The monoisotopic (exact) mass is 424 g/mol. The maximum Gasteiger partial charge on any atom is 0.253 e. The zero-order valence-corrected chi connectivity index (χ0v) is 17.7. The van der Waals surface area contributed by atoms with Gasteiger partial charge in [0.15, 0.2) is 0 Å². The highest BCUT2D eigenvalue weighted by Gasteiger charge is 2.18. The van der Waals surface area contributed by atoms with Gasteiger partial charge in [0.05, 0.1) is 12.0 Å². The molecule has 0 aliphatic rings. The molecule has 0 saturated carbocycles. The van der Waals surface area contributed by atoms with E-state index in [1.807, 2.05) is 54.6 Å². The molecule has 0 fully saturated rings. The fourth-order valence-corrected chi connectivity index (χ4v) is 4.01. The van der Waals surface area contributed by atoms with Crippen molar-refractivity contribution in [2.24, 2.45) is 0 Å². The number of amides is 1. The highest BCUT2D eigenvalue weighted by atomic mass is 32.2. The number of nitrogens with zero attached hydrogens (tertiary/aromatic N) is 1. The number of ether oxygens (including phenoxy) is 1. The first-order valence-electron chi connectivity index (χ1n) is 9.41. The minimum Gasteiger partial charge on any atom is -0.497 e. The molecule has 0 aromatic heterocycles. The van der Waals surface area contributed by atoms with Crippen LogP contribution in [0.3, 0.4) is 0 Å². The van der Waals surface area contributed by atoms with Gasteiger partial charge in [0.25, 0.3) is 5.91 Å². The summed E-state index contributed by atoms with van der Waals surface area (Å²) in [6.45, 7) is 0.574. The third kappa shape index (κ3) is 5.46. The molecular formula is C23H24N2O4S. The predicted octanol–water partition coefficient (Wildman–Crippen LogP) is 3.45. The first kappa shape index (κ1) is 21.5. The minimum absolute atomic E-state index is 0.0575. The molecule has 0 radical (unpaired) electrons. The van der Waals surface area contributed by atoms with E-state index in [0.717, 1.165) is 16.9 Å². The molecule has 1 N–H and O–H groups in total. The molecule has 0 unspecified atom stereocenters. The number of sulfonamides is 1. The Labute approximate surface area is 177 Å². The molecule has 0 aliphatic heterocycles. The quantitative estimate of drug-likeness (QED) is 0.601. The summed E-state index contributed by atoms with van der Waals surface area (Å²) < 4.78 is 33.0. The molecule has 30 heavy (non-hydrogen) atoms. The first-order chi connectivity index (χ1) is 14.4. The van der Waals surface area contributed by atoms with Crippen molar-refractivity contribution in [3.63, 3.8) is 0 Å². The van der Waals surface area contributed by atoms with Crippen molar-refractivity contribution in [2.75, 3.05) is 14.2 Å². The van der Waals surface area contributed by atoms with Crippen LogP contribution in [0.5, 0.6) is 5.75 Å². The fourth-order valence-electron chi connectivity index (χ4n) is 2.95. The zero-order valence-electron chi connectivity index (χ0n) is 16.9. The topological polar surface area (TPSA) is 75.7 Å². The van der Waals surface area contributed by atoms with E-state index < -0.39 is 10.0 Å². The van der Waals surface area contributed by atoms with E-state index in [2.05, 4.69) is 4.72 Å². The first-order valence-corrected chi connectivity index (χ1v) is 10.9. The van der Waals surface area contributed by atoms with Gasteiger partial charge in [-0.25, -0.2) is 13.1 Å². The van der Waals surface area contributed by atoms with Crippen molar-refractivity contribution in [3.05, 3.63) is 95.6 Å². The third-order valence-electron chi connectivity index (χ3n) is 4.63. The van der Waals surface area contributed by atoms with Gasteiger partial charge in [-0.1, -0.05) is 48.5 Å². The number of hydrogen-bond acceptors (Lipinski definition) is 4. The largest absolute Gasteiger partial charge is 0.497 e. The van der Waals surface area contributed by atoms with Gasteiger partial charge in [-0.3, -0.25) is 4.79 Å². The molecule has 0 atom stereocenters. The van der Waals surface area contributed by atoms with E-state index in [1.165, 1.54) is 12.1 Å². The van der Waals surface area contributed by atoms with Crippen LogP contribution < -0.4 is 9.46 Å². The lowest BCUT2D eigenvalue weighted by Crippen LogP contribution is -2.27. The molecule has 0 bridgehead atoms. The van der Waals surface area contributed by atoms with Gasteiger partial charge < -0.3 is 9.64 Å². The second kappa shape index (κ2) is 9.56. The standard InChI is InChI=1S/C23H24N2O4S/c1-25(17-19-11-13-21(29-2)14-12-19)23(26)20-9-6-10-22(15-20)30(27,28)24-16-18-7-4-3-5-8-18/h3-15,24H,16-17H2,1-2H3. The van der Waals surface area contributed by atoms with Crippen molar-refractivity contribution in [3.8, 4) is 5.75 Å². The maximum atomic E-state index is 12.8. The van der Waals surface area contributed by atoms with Crippen LogP contribution in [0.1, 0.15) is 21.5 Å². The summed E-state index contributed by atoms with van der Waals surface area (Å²) in [5.74, 6) is 0.486. The summed E-state index contributed by atoms with van der Waals surface area (Å²) in [5.41, 5.74) is 2.11. The Morgan fingerprint density at radius 1 is 0.933 bits per heavy atom. The summed E-state index contributed by atoms with van der Waals surface area (Å²) in [4.78, 5) is 14.4. The van der Waals surface area contributed by atoms with Gasteiger partial charge in [-0.15, -0.1) is 0 Å². The highest BCUT2D eigenvalue weighted by Crippen LogP contribution is 2.16. The number of nitrogens with one attached hydrogen (secondary N) is 1. The molecule has 1 amide bonds. The molecule has 3 aromatic carbocycles. The van der Waals surface area contributed by atoms with Gasteiger partial charge in [-0.2, -0.15) is 0 Å². The number of benzene rings is 3. The third-order valence-corrected chi connectivity index (χ3v) is 6.02. The van der Waals surface area contributed by atoms with Crippen molar-refractivity contribution in [2.45, 2.75) is 18.0 Å². The van der Waals surface area contributed by atoms with Crippen LogP contribution >= 0.6 is 0 Å². The number of methoxy groups -OCH3 is 1. The lowest BCUT2D eigenvalue weighted by molar-refractivity contribution is 0.0785. The van der Waals surface area contributed by atoms with E-state index in [9.17, 15) is 13.2 Å². The van der Waals surface area contributed by atoms with Crippen molar-refractivity contribution in [1.82, 2.24) is 9.62 Å². The molecule has 6 nitrogen and oxygen atoms in total. The van der Waals surface area contributed by atoms with Gasteiger partial charge in [-0.05, 0) is 41.5 Å². The van der Waals surface area contributed by atoms with Crippen molar-refractivity contribution in [1.29, 1.82) is 0 Å². The van der Waals surface area contributed by atoms with Gasteiger partial charge >= 0.3 is 0 Å². The van der Waals surface area contributed by atoms with Gasteiger partial charge in [0.2, 0.25) is 10.0 Å². The number of hydrogen-bond donors (Lipinski definition) is 1. The van der Waals surface area contributed by atoms with Crippen molar-refractivity contribution < 1.29 is 17.9 Å². The summed E-state index contributed by atoms with van der Waals surface area (Å²) in [6, 6.07) is 22.8.